The molecule has 2 aromatic carbocycles. The van der Waals surface area contributed by atoms with E-state index in [0.717, 1.165) is 24.5 Å². The van der Waals surface area contributed by atoms with Crippen LogP contribution >= 0.6 is 11.6 Å². The second-order valence-corrected chi connectivity index (χ2v) is 5.67. The molecule has 0 saturated heterocycles. The molecule has 2 nitrogen and oxygen atoms in total. The number of fused-ring (bicyclic) bond motifs is 1. The van der Waals surface area contributed by atoms with Gasteiger partial charge in [-0.05, 0) is 29.2 Å². The van der Waals surface area contributed by atoms with E-state index in [1.165, 1.54) is 16.7 Å². The van der Waals surface area contributed by atoms with Crippen LogP contribution in [0.4, 0.5) is 0 Å². The van der Waals surface area contributed by atoms with Gasteiger partial charge in [0, 0.05) is 30.7 Å². The second kappa shape index (κ2) is 5.96. The molecular weight excluding hydrogens is 268 g/mol. The Balaban J connectivity index is 1.74. The molecule has 2 aromatic rings. The normalized spacial score (nSPS) is 18.2. The second-order valence-electron chi connectivity index (χ2n) is 5.27. The fourth-order valence-corrected chi connectivity index (χ4v) is 3.23. The molecule has 104 valence electrons. The summed E-state index contributed by atoms with van der Waals surface area (Å²) in [6, 6.07) is 17.0. The summed E-state index contributed by atoms with van der Waals surface area (Å²) in [4.78, 5) is 2.43. The third-order valence-corrected chi connectivity index (χ3v) is 4.42. The summed E-state index contributed by atoms with van der Waals surface area (Å²) in [5.74, 6) is 0. The SMILES string of the molecule is NCC1c2cccc(Cl)c2CN1CCc1ccccc1. The van der Waals surface area contributed by atoms with E-state index in [9.17, 15) is 0 Å². The van der Waals surface area contributed by atoms with Crippen LogP contribution in [0.1, 0.15) is 22.7 Å². The van der Waals surface area contributed by atoms with Gasteiger partial charge in [0.05, 0.1) is 0 Å². The fraction of sp³-hybridized carbons (Fsp3) is 0.294. The van der Waals surface area contributed by atoms with Gasteiger partial charge in [0.15, 0.2) is 0 Å². The minimum absolute atomic E-state index is 0.299. The highest BCUT2D eigenvalue weighted by atomic mass is 35.5. The lowest BCUT2D eigenvalue weighted by molar-refractivity contribution is 0.223. The maximum atomic E-state index is 6.31. The van der Waals surface area contributed by atoms with Crippen molar-refractivity contribution in [2.24, 2.45) is 5.73 Å². The zero-order valence-corrected chi connectivity index (χ0v) is 12.2. The number of rotatable bonds is 4. The van der Waals surface area contributed by atoms with Gasteiger partial charge in [0.2, 0.25) is 0 Å². The lowest BCUT2D eigenvalue weighted by atomic mass is 10.0. The number of halogens is 1. The van der Waals surface area contributed by atoms with Crippen LogP contribution in [0.2, 0.25) is 5.02 Å². The maximum absolute atomic E-state index is 6.31. The average Bonchev–Trinajstić information content (AvgIpc) is 2.85. The van der Waals surface area contributed by atoms with Crippen molar-refractivity contribution in [3.05, 3.63) is 70.2 Å². The topological polar surface area (TPSA) is 29.3 Å². The number of nitrogens with two attached hydrogens (primary N) is 1. The third kappa shape index (κ3) is 2.59. The molecule has 0 aromatic heterocycles. The van der Waals surface area contributed by atoms with Gasteiger partial charge in [0.25, 0.3) is 0 Å². The van der Waals surface area contributed by atoms with Gasteiger partial charge in [0.1, 0.15) is 0 Å². The van der Waals surface area contributed by atoms with Crippen molar-refractivity contribution < 1.29 is 0 Å². The van der Waals surface area contributed by atoms with Crippen molar-refractivity contribution in [1.29, 1.82) is 0 Å². The lowest BCUT2D eigenvalue weighted by Gasteiger charge is -2.23. The molecule has 0 amide bonds. The average molecular weight is 287 g/mol. The molecular formula is C17H19ClN2. The summed E-state index contributed by atoms with van der Waals surface area (Å²) in [5, 5.41) is 0.864. The van der Waals surface area contributed by atoms with E-state index in [2.05, 4.69) is 41.3 Å². The molecule has 3 heteroatoms. The number of benzene rings is 2. The quantitative estimate of drug-likeness (QED) is 0.933. The molecule has 1 atom stereocenters. The Hall–Kier alpha value is -1.35. The van der Waals surface area contributed by atoms with Crippen molar-refractivity contribution in [1.82, 2.24) is 4.90 Å². The number of hydrogen-bond donors (Lipinski definition) is 1. The first-order valence-electron chi connectivity index (χ1n) is 7.05. The number of nitrogens with zero attached hydrogens (tertiary/aromatic N) is 1. The van der Waals surface area contributed by atoms with E-state index < -0.39 is 0 Å². The van der Waals surface area contributed by atoms with Crippen LogP contribution in [0, 0.1) is 0 Å². The summed E-state index contributed by atoms with van der Waals surface area (Å²) >= 11 is 6.31. The summed E-state index contributed by atoms with van der Waals surface area (Å²) in [5.41, 5.74) is 9.89. The van der Waals surface area contributed by atoms with Crippen molar-refractivity contribution in [3.63, 3.8) is 0 Å². The van der Waals surface area contributed by atoms with Gasteiger partial charge in [-0.15, -0.1) is 0 Å². The molecule has 0 radical (unpaired) electrons. The van der Waals surface area contributed by atoms with Gasteiger partial charge in [-0.3, -0.25) is 4.90 Å². The Morgan fingerprint density at radius 2 is 1.90 bits per heavy atom. The Bertz CT molecular complexity index is 583. The molecule has 2 N–H and O–H groups in total. The van der Waals surface area contributed by atoms with E-state index in [-0.39, 0.29) is 0 Å². The molecule has 1 heterocycles. The van der Waals surface area contributed by atoms with Crippen LogP contribution in [0.5, 0.6) is 0 Å². The summed E-state index contributed by atoms with van der Waals surface area (Å²) in [7, 11) is 0. The van der Waals surface area contributed by atoms with Crippen molar-refractivity contribution in [3.8, 4) is 0 Å². The highest BCUT2D eigenvalue weighted by molar-refractivity contribution is 6.31. The Labute approximate surface area is 125 Å². The van der Waals surface area contributed by atoms with Crippen molar-refractivity contribution >= 4 is 11.6 Å². The van der Waals surface area contributed by atoms with E-state index in [0.29, 0.717) is 12.6 Å². The molecule has 0 spiro atoms. The van der Waals surface area contributed by atoms with Crippen molar-refractivity contribution in [2.75, 3.05) is 13.1 Å². The largest absolute Gasteiger partial charge is 0.329 e. The molecule has 0 saturated carbocycles. The van der Waals surface area contributed by atoms with Crippen LogP contribution in [-0.2, 0) is 13.0 Å². The molecule has 1 aliphatic rings. The third-order valence-electron chi connectivity index (χ3n) is 4.07. The first kappa shape index (κ1) is 13.6. The minimum atomic E-state index is 0.299. The summed E-state index contributed by atoms with van der Waals surface area (Å²) in [6.45, 7) is 2.56. The monoisotopic (exact) mass is 286 g/mol. The fourth-order valence-electron chi connectivity index (χ4n) is 2.99. The standard InChI is InChI=1S/C17H19ClN2/c18-16-8-4-7-14-15(16)12-20(17(14)11-19)10-9-13-5-2-1-3-6-13/h1-8,17H,9-12,19H2. The van der Waals surface area contributed by atoms with Gasteiger partial charge in [-0.1, -0.05) is 54.1 Å². The highest BCUT2D eigenvalue weighted by Crippen LogP contribution is 2.36. The number of hydrogen-bond acceptors (Lipinski definition) is 2. The first-order valence-corrected chi connectivity index (χ1v) is 7.42. The Morgan fingerprint density at radius 1 is 1.10 bits per heavy atom. The van der Waals surface area contributed by atoms with E-state index in [1.807, 2.05) is 12.1 Å². The molecule has 20 heavy (non-hydrogen) atoms. The zero-order chi connectivity index (χ0) is 13.9. The van der Waals surface area contributed by atoms with E-state index in [4.69, 9.17) is 17.3 Å². The summed E-state index contributed by atoms with van der Waals surface area (Å²) < 4.78 is 0. The van der Waals surface area contributed by atoms with Crippen LogP contribution < -0.4 is 5.73 Å². The predicted octanol–water partition coefficient (Wildman–Crippen LogP) is 3.40. The molecule has 1 aliphatic heterocycles. The molecule has 1 unspecified atom stereocenters. The molecule has 3 rings (SSSR count). The van der Waals surface area contributed by atoms with Gasteiger partial charge in [-0.2, -0.15) is 0 Å². The highest BCUT2D eigenvalue weighted by Gasteiger charge is 2.29. The van der Waals surface area contributed by atoms with Crippen molar-refractivity contribution in [2.45, 2.75) is 19.0 Å². The molecule has 0 fully saturated rings. The van der Waals surface area contributed by atoms with Crippen LogP contribution in [0.25, 0.3) is 0 Å². The lowest BCUT2D eigenvalue weighted by Crippen LogP contribution is -2.29. The maximum Gasteiger partial charge on any atom is 0.0477 e. The van der Waals surface area contributed by atoms with Crippen LogP contribution in [0.15, 0.2) is 48.5 Å². The summed E-state index contributed by atoms with van der Waals surface area (Å²) in [6.07, 6.45) is 1.04. The van der Waals surface area contributed by atoms with Gasteiger partial charge >= 0.3 is 0 Å². The Kier molecular flexibility index (Phi) is 4.06. The smallest absolute Gasteiger partial charge is 0.0477 e. The minimum Gasteiger partial charge on any atom is -0.329 e. The predicted molar refractivity (Wildman–Crippen MR) is 83.8 cm³/mol. The van der Waals surface area contributed by atoms with E-state index in [1.54, 1.807) is 0 Å². The van der Waals surface area contributed by atoms with Crippen LogP contribution in [0.3, 0.4) is 0 Å². The van der Waals surface area contributed by atoms with E-state index >= 15 is 0 Å². The zero-order valence-electron chi connectivity index (χ0n) is 11.4. The van der Waals surface area contributed by atoms with Gasteiger partial charge < -0.3 is 5.73 Å². The molecule has 0 bridgehead atoms. The van der Waals surface area contributed by atoms with Crippen LogP contribution in [-0.4, -0.2) is 18.0 Å². The first-order chi connectivity index (χ1) is 9.79. The molecule has 0 aliphatic carbocycles. The Morgan fingerprint density at radius 3 is 2.65 bits per heavy atom. The van der Waals surface area contributed by atoms with Gasteiger partial charge in [-0.25, -0.2) is 0 Å².